The molecule has 0 aliphatic carbocycles. The van der Waals surface area contributed by atoms with Crippen molar-refractivity contribution in [2.24, 2.45) is 0 Å². The van der Waals surface area contributed by atoms with Crippen LogP contribution in [0.3, 0.4) is 0 Å². The van der Waals surface area contributed by atoms with Crippen LogP contribution in [0.25, 0.3) is 0 Å². The van der Waals surface area contributed by atoms with Gasteiger partial charge in [0, 0.05) is 17.4 Å². The van der Waals surface area contributed by atoms with Crippen LogP contribution in [-0.2, 0) is 0 Å². The first kappa shape index (κ1) is 13.4. The van der Waals surface area contributed by atoms with Gasteiger partial charge in [-0.05, 0) is 61.7 Å². The van der Waals surface area contributed by atoms with Gasteiger partial charge < -0.3 is 11.1 Å². The Bertz CT molecular complexity index is 573. The van der Waals surface area contributed by atoms with E-state index in [2.05, 4.69) is 5.32 Å². The lowest BCUT2D eigenvalue weighted by atomic mass is 10.1. The van der Waals surface area contributed by atoms with Crippen molar-refractivity contribution in [1.82, 2.24) is 0 Å². The van der Waals surface area contributed by atoms with E-state index in [1.807, 2.05) is 38.1 Å². The lowest BCUT2D eigenvalue weighted by Crippen LogP contribution is -2.07. The zero-order valence-electron chi connectivity index (χ0n) is 11.5. The van der Waals surface area contributed by atoms with Crippen LogP contribution in [0, 0.1) is 19.7 Å². The number of aryl methyl sites for hydroxylation is 2. The van der Waals surface area contributed by atoms with E-state index in [-0.39, 0.29) is 11.9 Å². The maximum Gasteiger partial charge on any atom is 0.126 e. The molecule has 100 valence electrons. The topological polar surface area (TPSA) is 38.0 Å². The van der Waals surface area contributed by atoms with Gasteiger partial charge in [-0.1, -0.05) is 12.1 Å². The average Bonchev–Trinajstić information content (AvgIpc) is 2.31. The molecule has 2 aromatic carbocycles. The Kier molecular flexibility index (Phi) is 3.74. The lowest BCUT2D eigenvalue weighted by molar-refractivity contribution is 0.614. The first-order valence-corrected chi connectivity index (χ1v) is 6.35. The van der Waals surface area contributed by atoms with Crippen LogP contribution in [-0.4, -0.2) is 0 Å². The summed E-state index contributed by atoms with van der Waals surface area (Å²) in [6.07, 6.45) is 0. The van der Waals surface area contributed by atoms with E-state index in [1.54, 1.807) is 19.1 Å². The molecular weight excluding hydrogens is 239 g/mol. The van der Waals surface area contributed by atoms with E-state index in [4.69, 9.17) is 5.73 Å². The molecule has 1 atom stereocenters. The highest BCUT2D eigenvalue weighted by atomic mass is 19.1. The van der Waals surface area contributed by atoms with Crippen LogP contribution in [0.4, 0.5) is 15.8 Å². The Labute approximate surface area is 113 Å². The molecule has 2 aromatic rings. The molecule has 0 bridgehead atoms. The van der Waals surface area contributed by atoms with Gasteiger partial charge >= 0.3 is 0 Å². The van der Waals surface area contributed by atoms with Crippen molar-refractivity contribution in [2.45, 2.75) is 26.8 Å². The van der Waals surface area contributed by atoms with Crippen LogP contribution >= 0.6 is 0 Å². The van der Waals surface area contributed by atoms with Gasteiger partial charge in [-0.2, -0.15) is 0 Å². The minimum Gasteiger partial charge on any atom is -0.399 e. The number of nitrogens with two attached hydrogens (primary N) is 1. The van der Waals surface area contributed by atoms with Crippen molar-refractivity contribution in [2.75, 3.05) is 11.1 Å². The molecule has 3 heteroatoms. The fourth-order valence-electron chi connectivity index (χ4n) is 2.11. The highest BCUT2D eigenvalue weighted by molar-refractivity contribution is 5.57. The van der Waals surface area contributed by atoms with Crippen molar-refractivity contribution in [3.05, 3.63) is 58.9 Å². The second kappa shape index (κ2) is 5.31. The Morgan fingerprint density at radius 3 is 2.47 bits per heavy atom. The highest BCUT2D eigenvalue weighted by Crippen LogP contribution is 2.23. The molecule has 0 spiro atoms. The summed E-state index contributed by atoms with van der Waals surface area (Å²) in [5, 5.41) is 3.34. The number of nitrogen functional groups attached to an aromatic ring is 1. The van der Waals surface area contributed by atoms with E-state index in [1.165, 1.54) is 0 Å². The number of hydrogen-bond donors (Lipinski definition) is 2. The molecule has 2 nitrogen and oxygen atoms in total. The third-order valence-electron chi connectivity index (χ3n) is 3.18. The Balaban J connectivity index is 2.20. The molecule has 0 heterocycles. The minimum absolute atomic E-state index is 0.0244. The second-order valence-electron chi connectivity index (χ2n) is 5.01. The SMILES string of the molecule is Cc1cc(N)cc(NC(C)c2ccc(C)c(F)c2)c1. The van der Waals surface area contributed by atoms with Gasteiger partial charge in [0.25, 0.3) is 0 Å². The lowest BCUT2D eigenvalue weighted by Gasteiger charge is -2.17. The molecule has 0 fully saturated rings. The summed E-state index contributed by atoms with van der Waals surface area (Å²) in [5.74, 6) is -0.171. The van der Waals surface area contributed by atoms with Crippen LogP contribution in [0.15, 0.2) is 36.4 Å². The van der Waals surface area contributed by atoms with E-state index in [0.29, 0.717) is 5.56 Å². The van der Waals surface area contributed by atoms with E-state index < -0.39 is 0 Å². The molecule has 1 unspecified atom stereocenters. The van der Waals surface area contributed by atoms with E-state index >= 15 is 0 Å². The zero-order valence-corrected chi connectivity index (χ0v) is 11.5. The zero-order chi connectivity index (χ0) is 14.0. The van der Waals surface area contributed by atoms with E-state index in [0.717, 1.165) is 22.5 Å². The smallest absolute Gasteiger partial charge is 0.126 e. The molecule has 0 saturated heterocycles. The van der Waals surface area contributed by atoms with Gasteiger partial charge in [-0.15, -0.1) is 0 Å². The van der Waals surface area contributed by atoms with Gasteiger partial charge in [0.1, 0.15) is 5.82 Å². The van der Waals surface area contributed by atoms with Crippen molar-refractivity contribution >= 4 is 11.4 Å². The molecule has 3 N–H and O–H groups in total. The number of benzene rings is 2. The first-order chi connectivity index (χ1) is 8.95. The first-order valence-electron chi connectivity index (χ1n) is 6.35. The summed E-state index contributed by atoms with van der Waals surface area (Å²) < 4.78 is 13.6. The van der Waals surface area contributed by atoms with Gasteiger partial charge in [0.15, 0.2) is 0 Å². The molecule has 2 rings (SSSR count). The molecule has 0 aliphatic heterocycles. The number of hydrogen-bond acceptors (Lipinski definition) is 2. The highest BCUT2D eigenvalue weighted by Gasteiger charge is 2.08. The van der Waals surface area contributed by atoms with Crippen molar-refractivity contribution in [3.63, 3.8) is 0 Å². The molecule has 19 heavy (non-hydrogen) atoms. The maximum absolute atomic E-state index is 13.6. The Morgan fingerprint density at radius 1 is 1.11 bits per heavy atom. The summed E-state index contributed by atoms with van der Waals surface area (Å²) in [7, 11) is 0. The van der Waals surface area contributed by atoms with Crippen LogP contribution in [0.2, 0.25) is 0 Å². The normalized spacial score (nSPS) is 12.2. The monoisotopic (exact) mass is 258 g/mol. The standard InChI is InChI=1S/C16H19FN2/c1-10-6-14(18)9-15(7-10)19-12(3)13-5-4-11(2)16(17)8-13/h4-9,12,19H,18H2,1-3H3. The van der Waals surface area contributed by atoms with Crippen molar-refractivity contribution < 1.29 is 4.39 Å². The largest absolute Gasteiger partial charge is 0.399 e. The van der Waals surface area contributed by atoms with E-state index in [9.17, 15) is 4.39 Å². The maximum atomic E-state index is 13.6. The summed E-state index contributed by atoms with van der Waals surface area (Å²) in [5.41, 5.74) is 10.2. The summed E-state index contributed by atoms with van der Waals surface area (Å²) in [6.45, 7) is 5.76. The molecular formula is C16H19FN2. The minimum atomic E-state index is -0.171. The van der Waals surface area contributed by atoms with Gasteiger partial charge in [-0.3, -0.25) is 0 Å². The second-order valence-corrected chi connectivity index (χ2v) is 5.01. The van der Waals surface area contributed by atoms with Crippen molar-refractivity contribution in [1.29, 1.82) is 0 Å². The third kappa shape index (κ3) is 3.25. The third-order valence-corrected chi connectivity index (χ3v) is 3.18. The molecule has 0 aromatic heterocycles. The molecule has 0 amide bonds. The summed E-state index contributed by atoms with van der Waals surface area (Å²) in [4.78, 5) is 0. The Hall–Kier alpha value is -2.03. The van der Waals surface area contributed by atoms with Gasteiger partial charge in [-0.25, -0.2) is 4.39 Å². The summed E-state index contributed by atoms with van der Waals surface area (Å²) in [6, 6.07) is 11.2. The van der Waals surface area contributed by atoms with Crippen LogP contribution in [0.1, 0.15) is 29.7 Å². The number of halogens is 1. The number of nitrogens with one attached hydrogen (secondary N) is 1. The quantitative estimate of drug-likeness (QED) is 0.810. The number of anilines is 2. The van der Waals surface area contributed by atoms with Crippen LogP contribution in [0.5, 0.6) is 0 Å². The van der Waals surface area contributed by atoms with Gasteiger partial charge in [0.2, 0.25) is 0 Å². The fraction of sp³-hybridized carbons (Fsp3) is 0.250. The fourth-order valence-corrected chi connectivity index (χ4v) is 2.11. The predicted octanol–water partition coefficient (Wildman–Crippen LogP) is 4.20. The van der Waals surface area contributed by atoms with Crippen molar-refractivity contribution in [3.8, 4) is 0 Å². The molecule has 0 aliphatic rings. The number of rotatable bonds is 3. The summed E-state index contributed by atoms with van der Waals surface area (Å²) >= 11 is 0. The average molecular weight is 258 g/mol. The molecule has 0 radical (unpaired) electrons. The molecule has 0 saturated carbocycles. The van der Waals surface area contributed by atoms with Gasteiger partial charge in [0.05, 0.1) is 0 Å². The van der Waals surface area contributed by atoms with Crippen LogP contribution < -0.4 is 11.1 Å². The predicted molar refractivity (Wildman–Crippen MR) is 78.8 cm³/mol. The Morgan fingerprint density at radius 2 is 1.84 bits per heavy atom.